The summed E-state index contributed by atoms with van der Waals surface area (Å²) in [6.07, 6.45) is 1.43. The molecule has 6 nitrogen and oxygen atoms in total. The zero-order valence-electron chi connectivity index (χ0n) is 18.4. The van der Waals surface area contributed by atoms with Gasteiger partial charge in [-0.3, -0.25) is 5.84 Å². The first-order valence-corrected chi connectivity index (χ1v) is 10.6. The Morgan fingerprint density at radius 2 is 1.33 bits per heavy atom. The molecule has 0 aliphatic rings. The highest BCUT2D eigenvalue weighted by atomic mass is 16.5. The van der Waals surface area contributed by atoms with Gasteiger partial charge < -0.3 is 19.7 Å². The number of nitrogens with two attached hydrogens (primary N) is 1. The second-order valence-electron chi connectivity index (χ2n) is 8.07. The van der Waals surface area contributed by atoms with Gasteiger partial charge in [0.1, 0.15) is 11.5 Å². The minimum Gasteiger partial charge on any atom is -0.494 e. The number of rotatable bonds is 13. The van der Waals surface area contributed by atoms with Gasteiger partial charge in [0.2, 0.25) is 0 Å². The van der Waals surface area contributed by atoms with Gasteiger partial charge >= 0.3 is 0 Å². The predicted octanol–water partition coefficient (Wildman–Crippen LogP) is 3.10. The van der Waals surface area contributed by atoms with Gasteiger partial charge in [-0.15, -0.1) is 0 Å². The van der Waals surface area contributed by atoms with Crippen molar-refractivity contribution in [3.8, 4) is 11.5 Å². The SMILES string of the molecule is CC(CO)N(N)CCCOc1ccc(C(C)(C)c2ccc(OCCCO)cc2)cc1. The van der Waals surface area contributed by atoms with E-state index in [0.717, 1.165) is 17.9 Å². The Morgan fingerprint density at radius 3 is 1.77 bits per heavy atom. The third-order valence-electron chi connectivity index (χ3n) is 5.38. The van der Waals surface area contributed by atoms with E-state index in [1.165, 1.54) is 11.1 Å². The number of hydrogen-bond acceptors (Lipinski definition) is 6. The first-order chi connectivity index (χ1) is 14.4. The molecule has 0 fully saturated rings. The van der Waals surface area contributed by atoms with E-state index in [2.05, 4.69) is 38.1 Å². The Kier molecular flexibility index (Phi) is 9.59. The molecule has 0 bridgehead atoms. The van der Waals surface area contributed by atoms with Crippen molar-refractivity contribution in [1.29, 1.82) is 0 Å². The van der Waals surface area contributed by atoms with Crippen LogP contribution in [0.25, 0.3) is 0 Å². The molecular weight excluding hydrogens is 380 g/mol. The van der Waals surface area contributed by atoms with Crippen LogP contribution in [0, 0.1) is 0 Å². The highest BCUT2D eigenvalue weighted by Crippen LogP contribution is 2.33. The van der Waals surface area contributed by atoms with Crippen molar-refractivity contribution in [2.45, 2.75) is 45.1 Å². The summed E-state index contributed by atoms with van der Waals surface area (Å²) in [7, 11) is 0. The maximum Gasteiger partial charge on any atom is 0.119 e. The van der Waals surface area contributed by atoms with E-state index in [0.29, 0.717) is 26.2 Å². The quantitative estimate of drug-likeness (QED) is 0.264. The first-order valence-electron chi connectivity index (χ1n) is 10.6. The van der Waals surface area contributed by atoms with Crippen LogP contribution in [0.1, 0.15) is 44.7 Å². The molecule has 1 atom stereocenters. The molecule has 0 saturated heterocycles. The fraction of sp³-hybridized carbons (Fsp3) is 0.500. The van der Waals surface area contributed by atoms with Crippen molar-refractivity contribution in [2.75, 3.05) is 33.0 Å². The Bertz CT molecular complexity index is 732. The Hall–Kier alpha value is -2.12. The lowest BCUT2D eigenvalue weighted by Gasteiger charge is -2.26. The molecule has 0 heterocycles. The van der Waals surface area contributed by atoms with Gasteiger partial charge in [0.15, 0.2) is 0 Å². The summed E-state index contributed by atoms with van der Waals surface area (Å²) in [6, 6.07) is 16.3. The number of hydrogen-bond donors (Lipinski definition) is 3. The molecule has 4 N–H and O–H groups in total. The number of benzene rings is 2. The topological polar surface area (TPSA) is 88.2 Å². The van der Waals surface area contributed by atoms with Gasteiger partial charge in [0, 0.05) is 31.0 Å². The number of nitrogens with zero attached hydrogens (tertiary/aromatic N) is 1. The molecule has 1 unspecified atom stereocenters. The van der Waals surface area contributed by atoms with Crippen molar-refractivity contribution in [3.05, 3.63) is 59.7 Å². The first kappa shape index (κ1) is 24.2. The van der Waals surface area contributed by atoms with Gasteiger partial charge in [-0.25, -0.2) is 5.01 Å². The van der Waals surface area contributed by atoms with Crippen LogP contribution in [-0.2, 0) is 5.41 Å². The molecule has 0 aliphatic carbocycles. The Labute approximate surface area is 180 Å². The number of hydrazine groups is 1. The predicted molar refractivity (Wildman–Crippen MR) is 120 cm³/mol. The van der Waals surface area contributed by atoms with Gasteiger partial charge in [0.25, 0.3) is 0 Å². The molecule has 0 radical (unpaired) electrons. The van der Waals surface area contributed by atoms with Crippen LogP contribution in [0.3, 0.4) is 0 Å². The number of aliphatic hydroxyl groups excluding tert-OH is 2. The van der Waals surface area contributed by atoms with Crippen molar-refractivity contribution in [2.24, 2.45) is 5.84 Å². The average Bonchev–Trinajstić information content (AvgIpc) is 2.77. The minimum absolute atomic E-state index is 0.0484. The molecule has 2 aromatic rings. The highest BCUT2D eigenvalue weighted by Gasteiger charge is 2.23. The summed E-state index contributed by atoms with van der Waals surface area (Å²) in [5.74, 6) is 7.52. The van der Waals surface area contributed by atoms with Crippen LogP contribution in [0.5, 0.6) is 11.5 Å². The standard InChI is InChI=1S/C24H36N2O4/c1-19(18-28)26(25)14-4-16-29-22-10-6-20(7-11-22)24(2,3)21-8-12-23(13-9-21)30-17-5-15-27/h6-13,19,27-28H,4-5,14-18,25H2,1-3H3. The summed E-state index contributed by atoms with van der Waals surface area (Å²) in [5, 5.41) is 19.6. The van der Waals surface area contributed by atoms with Crippen LogP contribution in [-0.4, -0.2) is 54.2 Å². The maximum atomic E-state index is 9.10. The lowest BCUT2D eigenvalue weighted by atomic mass is 9.78. The summed E-state index contributed by atoms with van der Waals surface area (Å²) in [4.78, 5) is 0. The molecular formula is C24H36N2O4. The van der Waals surface area contributed by atoms with E-state index in [4.69, 9.17) is 25.5 Å². The van der Waals surface area contributed by atoms with E-state index in [1.54, 1.807) is 5.01 Å². The largest absolute Gasteiger partial charge is 0.494 e. The number of aliphatic hydroxyl groups is 2. The molecule has 2 aromatic carbocycles. The normalized spacial score (nSPS) is 12.8. The summed E-state index contributed by atoms with van der Waals surface area (Å²) in [5.41, 5.74) is 2.25. The third kappa shape index (κ3) is 6.99. The maximum absolute atomic E-state index is 9.10. The molecule has 166 valence electrons. The average molecular weight is 417 g/mol. The van der Waals surface area contributed by atoms with Crippen LogP contribution in [0.2, 0.25) is 0 Å². The number of ether oxygens (including phenoxy) is 2. The monoisotopic (exact) mass is 416 g/mol. The van der Waals surface area contributed by atoms with Crippen molar-refractivity contribution >= 4 is 0 Å². The third-order valence-corrected chi connectivity index (χ3v) is 5.38. The zero-order valence-corrected chi connectivity index (χ0v) is 18.4. The summed E-state index contributed by atoms with van der Waals surface area (Å²) >= 11 is 0. The molecule has 0 aliphatic heterocycles. The van der Waals surface area contributed by atoms with Crippen molar-refractivity contribution in [1.82, 2.24) is 5.01 Å². The van der Waals surface area contributed by atoms with Gasteiger partial charge in [0.05, 0.1) is 19.8 Å². The molecule has 2 rings (SSSR count). The molecule has 30 heavy (non-hydrogen) atoms. The second kappa shape index (κ2) is 11.9. The van der Waals surface area contributed by atoms with Crippen molar-refractivity contribution in [3.63, 3.8) is 0 Å². The molecule has 6 heteroatoms. The van der Waals surface area contributed by atoms with Gasteiger partial charge in [-0.2, -0.15) is 0 Å². The summed E-state index contributed by atoms with van der Waals surface area (Å²) in [6.45, 7) is 8.24. The van der Waals surface area contributed by atoms with Gasteiger partial charge in [-0.1, -0.05) is 38.1 Å². The van der Waals surface area contributed by atoms with E-state index < -0.39 is 0 Å². The fourth-order valence-corrected chi connectivity index (χ4v) is 3.12. The molecule has 0 saturated carbocycles. The zero-order chi connectivity index (χ0) is 22.0. The van der Waals surface area contributed by atoms with Crippen molar-refractivity contribution < 1.29 is 19.7 Å². The highest BCUT2D eigenvalue weighted by molar-refractivity contribution is 5.41. The molecule has 0 amide bonds. The fourth-order valence-electron chi connectivity index (χ4n) is 3.12. The smallest absolute Gasteiger partial charge is 0.119 e. The van der Waals surface area contributed by atoms with E-state index in [1.807, 2.05) is 31.2 Å². The van der Waals surface area contributed by atoms with Crippen LogP contribution >= 0.6 is 0 Å². The van der Waals surface area contributed by atoms with Crippen LogP contribution in [0.15, 0.2) is 48.5 Å². The van der Waals surface area contributed by atoms with E-state index >= 15 is 0 Å². The minimum atomic E-state index is -0.150. The molecule has 0 aromatic heterocycles. The van der Waals surface area contributed by atoms with Gasteiger partial charge in [-0.05, 0) is 48.7 Å². The van der Waals surface area contributed by atoms with Crippen LogP contribution in [0.4, 0.5) is 0 Å². The lowest BCUT2D eigenvalue weighted by molar-refractivity contribution is 0.128. The Balaban J connectivity index is 1.89. The second-order valence-corrected chi connectivity index (χ2v) is 8.07. The summed E-state index contributed by atoms with van der Waals surface area (Å²) < 4.78 is 11.4. The van der Waals surface area contributed by atoms with Crippen LogP contribution < -0.4 is 15.3 Å². The molecule has 0 spiro atoms. The van der Waals surface area contributed by atoms with E-state index in [-0.39, 0.29) is 24.7 Å². The van der Waals surface area contributed by atoms with E-state index in [9.17, 15) is 0 Å². The Morgan fingerprint density at radius 1 is 0.867 bits per heavy atom. The lowest BCUT2D eigenvalue weighted by Crippen LogP contribution is -2.42.